The second-order valence-electron chi connectivity index (χ2n) is 15.2. The SMILES string of the molecule is CCCCCCCC/C=C\CCCCCCCCCC(=O)OC(COC(=O)CCCCCCCCCCCCCCC)COP(=O)(O)OCCN(C)C. The van der Waals surface area contributed by atoms with Crippen LogP contribution in [0, 0.1) is 0 Å². The number of likely N-dealkylation sites (N-methyl/N-ethyl adjacent to an activating group) is 1. The first-order valence-electron chi connectivity index (χ1n) is 22.0. The average Bonchev–Trinajstić information content (AvgIpc) is 3.12. The fourth-order valence-corrected chi connectivity index (χ4v) is 6.89. The smallest absolute Gasteiger partial charge is 0.462 e. The Hall–Kier alpha value is -1.25. The quantitative estimate of drug-likeness (QED) is 0.0281. The number of carbonyl (C=O) groups excluding carboxylic acids is 2. The lowest BCUT2D eigenvalue weighted by Gasteiger charge is -2.20. The van der Waals surface area contributed by atoms with Gasteiger partial charge in [-0.1, -0.05) is 167 Å². The van der Waals surface area contributed by atoms with Gasteiger partial charge in [0, 0.05) is 19.4 Å². The van der Waals surface area contributed by atoms with Gasteiger partial charge in [0.15, 0.2) is 6.10 Å². The number of rotatable bonds is 41. The Bertz CT molecular complexity index is 900. The normalized spacial score (nSPS) is 13.5. The molecule has 0 aliphatic rings. The summed E-state index contributed by atoms with van der Waals surface area (Å²) in [6.07, 6.45) is 38.2. The number of hydrogen-bond acceptors (Lipinski definition) is 8. The summed E-state index contributed by atoms with van der Waals surface area (Å²) in [5.41, 5.74) is 0. The Kier molecular flexibility index (Phi) is 38.1. The predicted molar refractivity (Wildman–Crippen MR) is 220 cm³/mol. The number of esters is 2. The van der Waals surface area contributed by atoms with E-state index in [2.05, 4.69) is 26.0 Å². The highest BCUT2D eigenvalue weighted by atomic mass is 31.2. The molecule has 0 fully saturated rings. The van der Waals surface area contributed by atoms with E-state index >= 15 is 0 Å². The molecule has 0 saturated carbocycles. The van der Waals surface area contributed by atoms with Gasteiger partial charge in [0.25, 0.3) is 0 Å². The van der Waals surface area contributed by atoms with Crippen LogP contribution >= 0.6 is 7.82 Å². The van der Waals surface area contributed by atoms with E-state index in [1.807, 2.05) is 19.0 Å². The number of allylic oxidation sites excluding steroid dienone is 2. The number of ether oxygens (including phenoxy) is 2. The molecule has 0 rings (SSSR count). The maximum atomic E-state index is 12.6. The van der Waals surface area contributed by atoms with Gasteiger partial charge < -0.3 is 19.3 Å². The summed E-state index contributed by atoms with van der Waals surface area (Å²) in [5.74, 6) is -0.798. The van der Waals surface area contributed by atoms with Crippen molar-refractivity contribution in [3.05, 3.63) is 12.2 Å². The molecule has 0 bridgehead atoms. The highest BCUT2D eigenvalue weighted by Crippen LogP contribution is 2.43. The van der Waals surface area contributed by atoms with Crippen LogP contribution in [0.3, 0.4) is 0 Å². The van der Waals surface area contributed by atoms with Gasteiger partial charge in [-0.25, -0.2) is 4.57 Å². The van der Waals surface area contributed by atoms with E-state index in [1.54, 1.807) is 0 Å². The Balaban J connectivity index is 4.26. The van der Waals surface area contributed by atoms with Crippen LogP contribution in [0.5, 0.6) is 0 Å². The lowest BCUT2D eigenvalue weighted by Crippen LogP contribution is -2.29. The zero-order valence-corrected chi connectivity index (χ0v) is 35.9. The van der Waals surface area contributed by atoms with Crippen LogP contribution in [0.25, 0.3) is 0 Å². The molecule has 0 heterocycles. The first-order valence-corrected chi connectivity index (χ1v) is 23.5. The standard InChI is InChI=1S/C43H84NO8P/c1-5-7-9-11-13-15-17-19-20-21-22-24-26-28-30-32-34-36-43(46)52-41(40-51-53(47,48)50-38-37-44(3)4)39-49-42(45)35-33-31-29-27-25-23-18-16-14-12-10-8-6-2/h19-20,41H,5-18,21-40H2,1-4H3,(H,47,48)/b20-19-. The molecule has 2 unspecified atom stereocenters. The Morgan fingerprint density at radius 3 is 1.40 bits per heavy atom. The van der Waals surface area contributed by atoms with Crippen molar-refractivity contribution in [3.63, 3.8) is 0 Å². The van der Waals surface area contributed by atoms with Crippen molar-refractivity contribution in [3.8, 4) is 0 Å². The van der Waals surface area contributed by atoms with Gasteiger partial charge in [-0.15, -0.1) is 0 Å². The molecule has 1 N–H and O–H groups in total. The molecule has 53 heavy (non-hydrogen) atoms. The van der Waals surface area contributed by atoms with E-state index in [1.165, 1.54) is 128 Å². The zero-order chi connectivity index (χ0) is 39.1. The van der Waals surface area contributed by atoms with Crippen molar-refractivity contribution in [2.75, 3.05) is 40.5 Å². The van der Waals surface area contributed by atoms with E-state index < -0.39 is 26.5 Å². The number of carbonyl (C=O) groups is 2. The van der Waals surface area contributed by atoms with Crippen LogP contribution in [0.4, 0.5) is 0 Å². The summed E-state index contributed by atoms with van der Waals surface area (Å²) in [4.78, 5) is 37.0. The number of phosphoric ester groups is 1. The summed E-state index contributed by atoms with van der Waals surface area (Å²) in [5, 5.41) is 0. The summed E-state index contributed by atoms with van der Waals surface area (Å²) in [7, 11) is -0.704. The van der Waals surface area contributed by atoms with Gasteiger partial charge >= 0.3 is 19.8 Å². The van der Waals surface area contributed by atoms with Crippen LogP contribution in [0.2, 0.25) is 0 Å². The third-order valence-corrected chi connectivity index (χ3v) is 10.6. The first kappa shape index (κ1) is 51.8. The molecule has 0 aliphatic heterocycles. The molecule has 0 saturated heterocycles. The number of hydrogen-bond donors (Lipinski definition) is 1. The second kappa shape index (κ2) is 39.0. The van der Waals surface area contributed by atoms with Gasteiger partial charge in [0.1, 0.15) is 6.61 Å². The van der Waals surface area contributed by atoms with Crippen LogP contribution in [0.15, 0.2) is 12.2 Å². The molecule has 0 spiro atoms. The highest BCUT2D eigenvalue weighted by molar-refractivity contribution is 7.47. The molecule has 10 heteroatoms. The minimum absolute atomic E-state index is 0.00962. The molecule has 0 aromatic carbocycles. The highest BCUT2D eigenvalue weighted by Gasteiger charge is 2.26. The van der Waals surface area contributed by atoms with E-state index in [0.717, 1.165) is 44.9 Å². The third kappa shape index (κ3) is 40.2. The fraction of sp³-hybridized carbons (Fsp3) is 0.907. The fourth-order valence-electron chi connectivity index (χ4n) is 6.15. The maximum Gasteiger partial charge on any atom is 0.472 e. The lowest BCUT2D eigenvalue weighted by molar-refractivity contribution is -0.161. The van der Waals surface area contributed by atoms with Crippen molar-refractivity contribution in [1.82, 2.24) is 4.90 Å². The lowest BCUT2D eigenvalue weighted by atomic mass is 10.0. The number of unbranched alkanes of at least 4 members (excludes halogenated alkanes) is 25. The molecule has 9 nitrogen and oxygen atoms in total. The third-order valence-electron chi connectivity index (χ3n) is 9.57. The molecule has 0 aliphatic carbocycles. The summed E-state index contributed by atoms with van der Waals surface area (Å²) < 4.78 is 33.5. The van der Waals surface area contributed by atoms with Crippen molar-refractivity contribution < 1.29 is 37.6 Å². The molecule has 2 atom stereocenters. The summed E-state index contributed by atoms with van der Waals surface area (Å²) in [6, 6.07) is 0. The van der Waals surface area contributed by atoms with Crippen LogP contribution in [0.1, 0.15) is 206 Å². The van der Waals surface area contributed by atoms with E-state index in [-0.39, 0.29) is 25.6 Å². The topological polar surface area (TPSA) is 112 Å². The van der Waals surface area contributed by atoms with Crippen molar-refractivity contribution in [2.45, 2.75) is 213 Å². The minimum Gasteiger partial charge on any atom is -0.462 e. The molecule has 0 aromatic heterocycles. The molecular weight excluding hydrogens is 689 g/mol. The van der Waals surface area contributed by atoms with Crippen molar-refractivity contribution in [1.29, 1.82) is 0 Å². The number of phosphoric acid groups is 1. The van der Waals surface area contributed by atoms with Crippen LogP contribution in [-0.4, -0.2) is 68.3 Å². The molecule has 314 valence electrons. The largest absolute Gasteiger partial charge is 0.472 e. The van der Waals surface area contributed by atoms with Crippen molar-refractivity contribution >= 4 is 19.8 Å². The van der Waals surface area contributed by atoms with Crippen LogP contribution in [-0.2, 0) is 32.7 Å². The van der Waals surface area contributed by atoms with Crippen LogP contribution < -0.4 is 0 Å². The summed E-state index contributed by atoms with van der Waals surface area (Å²) in [6.45, 7) is 4.33. The van der Waals surface area contributed by atoms with Gasteiger partial charge in [-0.2, -0.15) is 0 Å². The molecule has 0 amide bonds. The van der Waals surface area contributed by atoms with Gasteiger partial charge in [0.2, 0.25) is 0 Å². The Morgan fingerprint density at radius 2 is 0.962 bits per heavy atom. The van der Waals surface area contributed by atoms with Crippen molar-refractivity contribution in [2.24, 2.45) is 0 Å². The monoisotopic (exact) mass is 774 g/mol. The van der Waals surface area contributed by atoms with E-state index in [0.29, 0.717) is 19.4 Å². The Labute approximate surface area is 326 Å². The first-order chi connectivity index (χ1) is 25.7. The number of nitrogens with zero attached hydrogens (tertiary/aromatic N) is 1. The molecule has 0 radical (unpaired) electrons. The van der Waals surface area contributed by atoms with Gasteiger partial charge in [0.05, 0.1) is 13.2 Å². The predicted octanol–water partition coefficient (Wildman–Crippen LogP) is 12.4. The van der Waals surface area contributed by atoms with E-state index in [9.17, 15) is 19.0 Å². The Morgan fingerprint density at radius 1 is 0.566 bits per heavy atom. The zero-order valence-electron chi connectivity index (χ0n) is 35.0. The molecule has 0 aromatic rings. The van der Waals surface area contributed by atoms with Gasteiger partial charge in [-0.05, 0) is 52.6 Å². The minimum atomic E-state index is -4.36. The second-order valence-corrected chi connectivity index (χ2v) is 16.7. The summed E-state index contributed by atoms with van der Waals surface area (Å²) >= 11 is 0. The van der Waals surface area contributed by atoms with E-state index in [4.69, 9.17) is 18.5 Å². The van der Waals surface area contributed by atoms with Gasteiger partial charge in [-0.3, -0.25) is 18.6 Å². The molecular formula is C43H84NO8P. The average molecular weight is 774 g/mol. The maximum absolute atomic E-state index is 12.6.